The average molecular weight is 202 g/mol. The van der Waals surface area contributed by atoms with Crippen LogP contribution in [0.15, 0.2) is 39.9 Å². The maximum absolute atomic E-state index is 5.24. The maximum Gasteiger partial charge on any atom is 0.249 e. The van der Waals surface area contributed by atoms with Gasteiger partial charge in [-0.2, -0.15) is 0 Å². The van der Waals surface area contributed by atoms with Crippen LogP contribution in [0.5, 0.6) is 0 Å². The molecule has 0 bridgehead atoms. The van der Waals surface area contributed by atoms with Gasteiger partial charge in [0.15, 0.2) is 11.5 Å². The molecule has 6 heteroatoms. The predicted molar refractivity (Wildman–Crippen MR) is 49.6 cm³/mol. The molecule has 6 nitrogen and oxygen atoms in total. The van der Waals surface area contributed by atoms with Gasteiger partial charge >= 0.3 is 0 Å². The first-order valence-electron chi connectivity index (χ1n) is 4.29. The van der Waals surface area contributed by atoms with E-state index in [-0.39, 0.29) is 0 Å². The highest BCUT2D eigenvalue weighted by atomic mass is 16.5. The summed E-state index contributed by atoms with van der Waals surface area (Å²) in [5.41, 5.74) is 1.20. The molecule has 0 saturated carbocycles. The van der Waals surface area contributed by atoms with E-state index in [0.717, 1.165) is 0 Å². The van der Waals surface area contributed by atoms with Gasteiger partial charge in [0.1, 0.15) is 18.2 Å². The lowest BCUT2D eigenvalue weighted by Gasteiger charge is -1.84. The molecule has 0 aliphatic rings. The van der Waals surface area contributed by atoms with E-state index in [0.29, 0.717) is 23.1 Å². The van der Waals surface area contributed by atoms with E-state index < -0.39 is 0 Å². The highest BCUT2D eigenvalue weighted by molar-refractivity contribution is 5.53. The van der Waals surface area contributed by atoms with Gasteiger partial charge < -0.3 is 13.9 Å². The summed E-state index contributed by atoms with van der Waals surface area (Å²) in [6.45, 7) is 0. The molecule has 3 aromatic rings. The molecule has 3 rings (SSSR count). The van der Waals surface area contributed by atoms with E-state index in [9.17, 15) is 0 Å². The minimum atomic E-state index is 0.412. The number of H-pyrrole nitrogens is 1. The summed E-state index contributed by atoms with van der Waals surface area (Å²) >= 11 is 0. The molecule has 0 amide bonds. The Hall–Kier alpha value is -2.37. The number of imidazole rings is 1. The molecule has 0 radical (unpaired) electrons. The fraction of sp³-hybridized carbons (Fsp3) is 0. The van der Waals surface area contributed by atoms with Gasteiger partial charge in [0.05, 0.1) is 0 Å². The van der Waals surface area contributed by atoms with E-state index in [4.69, 9.17) is 8.94 Å². The van der Waals surface area contributed by atoms with Crippen LogP contribution in [-0.4, -0.2) is 20.1 Å². The van der Waals surface area contributed by atoms with Gasteiger partial charge in [0.2, 0.25) is 5.89 Å². The lowest BCUT2D eigenvalue weighted by atomic mass is 10.4. The third-order valence-corrected chi connectivity index (χ3v) is 1.90. The zero-order chi connectivity index (χ0) is 10.1. The largest absolute Gasteiger partial charge is 0.442 e. The van der Waals surface area contributed by atoms with Gasteiger partial charge in [-0.05, 0) is 0 Å². The van der Waals surface area contributed by atoms with Crippen LogP contribution in [-0.2, 0) is 0 Å². The van der Waals surface area contributed by atoms with Crippen molar-refractivity contribution in [1.82, 2.24) is 20.1 Å². The first-order valence-corrected chi connectivity index (χ1v) is 4.29. The van der Waals surface area contributed by atoms with Crippen LogP contribution < -0.4 is 0 Å². The van der Waals surface area contributed by atoms with Crippen molar-refractivity contribution >= 4 is 0 Å². The van der Waals surface area contributed by atoms with Crippen molar-refractivity contribution in [2.45, 2.75) is 0 Å². The number of hydrogen-bond acceptors (Lipinski definition) is 5. The second-order valence-corrected chi connectivity index (χ2v) is 2.86. The molecule has 3 aromatic heterocycles. The van der Waals surface area contributed by atoms with Gasteiger partial charge in [0.25, 0.3) is 0 Å². The number of hydrogen-bond donors (Lipinski definition) is 1. The molecular weight excluding hydrogens is 196 g/mol. The van der Waals surface area contributed by atoms with Crippen LogP contribution in [0.25, 0.3) is 23.1 Å². The van der Waals surface area contributed by atoms with Crippen molar-refractivity contribution in [3.63, 3.8) is 0 Å². The number of rotatable bonds is 2. The van der Waals surface area contributed by atoms with Crippen LogP contribution in [0.1, 0.15) is 0 Å². The van der Waals surface area contributed by atoms with E-state index in [1.165, 1.54) is 12.5 Å². The predicted octanol–water partition coefficient (Wildman–Crippen LogP) is 1.72. The summed E-state index contributed by atoms with van der Waals surface area (Å²) in [7, 11) is 0. The Morgan fingerprint density at radius 3 is 3.00 bits per heavy atom. The number of aromatic amines is 1. The zero-order valence-corrected chi connectivity index (χ0v) is 7.54. The third kappa shape index (κ3) is 1.32. The molecule has 0 aromatic carbocycles. The van der Waals surface area contributed by atoms with Gasteiger partial charge in [-0.1, -0.05) is 5.16 Å². The molecule has 15 heavy (non-hydrogen) atoms. The molecule has 0 aliphatic heterocycles. The molecule has 0 aliphatic carbocycles. The summed E-state index contributed by atoms with van der Waals surface area (Å²) in [5, 5.41) is 3.72. The number of nitrogens with zero attached hydrogens (tertiary/aromatic N) is 3. The molecule has 0 fully saturated rings. The molecule has 0 spiro atoms. The van der Waals surface area contributed by atoms with E-state index >= 15 is 0 Å². The van der Waals surface area contributed by atoms with E-state index in [1.807, 2.05) is 0 Å². The summed E-state index contributed by atoms with van der Waals surface area (Å²) in [6.07, 6.45) is 6.36. The SMILES string of the molecule is c1c[nH]c(-c2coc(-c3ccon3)n2)n1. The van der Waals surface area contributed by atoms with Crippen LogP contribution in [0.4, 0.5) is 0 Å². The Morgan fingerprint density at radius 2 is 2.27 bits per heavy atom. The first kappa shape index (κ1) is 7.98. The van der Waals surface area contributed by atoms with Crippen molar-refractivity contribution in [2.24, 2.45) is 0 Å². The minimum absolute atomic E-state index is 0.412. The first-order chi connectivity index (χ1) is 7.43. The Balaban J connectivity index is 2.02. The Bertz CT molecular complexity index is 490. The monoisotopic (exact) mass is 202 g/mol. The Kier molecular flexibility index (Phi) is 1.64. The van der Waals surface area contributed by atoms with Gasteiger partial charge in [-0.3, -0.25) is 0 Å². The van der Waals surface area contributed by atoms with Crippen LogP contribution in [0.3, 0.4) is 0 Å². The lowest BCUT2D eigenvalue weighted by Crippen LogP contribution is -1.81. The van der Waals surface area contributed by atoms with Crippen molar-refractivity contribution in [1.29, 1.82) is 0 Å². The normalized spacial score (nSPS) is 10.7. The highest BCUT2D eigenvalue weighted by Gasteiger charge is 2.11. The highest BCUT2D eigenvalue weighted by Crippen LogP contribution is 2.20. The molecule has 74 valence electrons. The quantitative estimate of drug-likeness (QED) is 0.684. The number of nitrogens with one attached hydrogen (secondary N) is 1. The topological polar surface area (TPSA) is 80.7 Å². The molecule has 3 heterocycles. The fourth-order valence-corrected chi connectivity index (χ4v) is 1.23. The second kappa shape index (κ2) is 3.09. The Morgan fingerprint density at radius 1 is 1.27 bits per heavy atom. The smallest absolute Gasteiger partial charge is 0.249 e. The van der Waals surface area contributed by atoms with Crippen LogP contribution >= 0.6 is 0 Å². The molecule has 0 unspecified atom stereocenters. The van der Waals surface area contributed by atoms with Gasteiger partial charge in [0, 0.05) is 18.5 Å². The summed E-state index contributed by atoms with van der Waals surface area (Å²) < 4.78 is 9.93. The zero-order valence-electron chi connectivity index (χ0n) is 7.54. The fourth-order valence-electron chi connectivity index (χ4n) is 1.23. The second-order valence-electron chi connectivity index (χ2n) is 2.86. The number of oxazole rings is 1. The van der Waals surface area contributed by atoms with Gasteiger partial charge in [-0.15, -0.1) is 0 Å². The van der Waals surface area contributed by atoms with Crippen molar-refractivity contribution in [3.8, 4) is 23.1 Å². The Labute approximate surface area is 84.0 Å². The van der Waals surface area contributed by atoms with Crippen LogP contribution in [0, 0.1) is 0 Å². The summed E-state index contributed by atoms with van der Waals surface area (Å²) in [4.78, 5) is 11.2. The van der Waals surface area contributed by atoms with Crippen molar-refractivity contribution < 1.29 is 8.94 Å². The van der Waals surface area contributed by atoms with Gasteiger partial charge in [-0.25, -0.2) is 9.97 Å². The minimum Gasteiger partial charge on any atom is -0.442 e. The standard InChI is InChI=1S/C9H6N4O2/c1-4-15-13-6(1)9-12-7(5-14-9)8-10-2-3-11-8/h1-5H,(H,10,11). The van der Waals surface area contributed by atoms with Crippen LogP contribution in [0.2, 0.25) is 0 Å². The number of aromatic nitrogens is 4. The maximum atomic E-state index is 5.24. The molecule has 0 saturated heterocycles. The van der Waals surface area contributed by atoms with Crippen molar-refractivity contribution in [3.05, 3.63) is 31.0 Å². The van der Waals surface area contributed by atoms with Crippen molar-refractivity contribution in [2.75, 3.05) is 0 Å². The molecular formula is C9H6N4O2. The molecule has 1 N–H and O–H groups in total. The van der Waals surface area contributed by atoms with E-state index in [1.54, 1.807) is 18.5 Å². The lowest BCUT2D eigenvalue weighted by molar-refractivity contribution is 0.419. The average Bonchev–Trinajstić information content (AvgIpc) is 3.02. The third-order valence-electron chi connectivity index (χ3n) is 1.90. The summed E-state index contributed by atoms with van der Waals surface area (Å²) in [5.74, 6) is 1.07. The molecule has 0 atom stereocenters. The van der Waals surface area contributed by atoms with E-state index in [2.05, 4.69) is 20.1 Å². The summed E-state index contributed by atoms with van der Waals surface area (Å²) in [6, 6.07) is 1.68.